The SMILES string of the molecule is COC(=O)C1C2NC(=S)N(c3cccc(OC)c3)C1(C)Oc1c(OC)cccc12. The highest BCUT2D eigenvalue weighted by Crippen LogP contribution is 2.52. The largest absolute Gasteiger partial charge is 0.497 e. The number of para-hydroxylation sites is 1. The second kappa shape index (κ2) is 7.11. The molecular formula is C21H22N2O5S. The number of nitrogens with one attached hydrogen (secondary N) is 1. The first kappa shape index (κ1) is 19.3. The average Bonchev–Trinajstić information content (AvgIpc) is 2.72. The highest BCUT2D eigenvalue weighted by Gasteiger charge is 2.60. The van der Waals surface area contributed by atoms with E-state index in [1.165, 1.54) is 7.11 Å². The third kappa shape index (κ3) is 2.86. The van der Waals surface area contributed by atoms with E-state index in [1.807, 2.05) is 49.4 Å². The van der Waals surface area contributed by atoms with Gasteiger partial charge in [0.2, 0.25) is 5.72 Å². The number of nitrogens with zero attached hydrogens (tertiary/aromatic N) is 1. The first-order valence-corrected chi connectivity index (χ1v) is 9.54. The highest BCUT2D eigenvalue weighted by atomic mass is 32.1. The van der Waals surface area contributed by atoms with Gasteiger partial charge >= 0.3 is 5.97 Å². The van der Waals surface area contributed by atoms with Crippen LogP contribution in [0, 0.1) is 5.92 Å². The standard InChI is InChI=1S/C21H22N2O5S/c1-21-16(19(24)27-4)17(14-9-6-10-15(26-3)18(14)28-21)22-20(29)23(21)12-7-5-8-13(11-12)25-2/h5-11,16-17H,1-4H3,(H,22,29). The van der Waals surface area contributed by atoms with E-state index in [-0.39, 0.29) is 0 Å². The second-order valence-corrected chi connectivity index (χ2v) is 7.39. The zero-order valence-electron chi connectivity index (χ0n) is 16.6. The summed E-state index contributed by atoms with van der Waals surface area (Å²) in [6, 6.07) is 12.6. The van der Waals surface area contributed by atoms with Crippen molar-refractivity contribution >= 4 is 29.0 Å². The molecule has 2 bridgehead atoms. The maximum atomic E-state index is 12.9. The molecule has 29 heavy (non-hydrogen) atoms. The summed E-state index contributed by atoms with van der Waals surface area (Å²) < 4.78 is 22.5. The number of carbonyl (C=O) groups excluding carboxylic acids is 1. The van der Waals surface area contributed by atoms with Gasteiger partial charge in [-0.1, -0.05) is 18.2 Å². The number of esters is 1. The Morgan fingerprint density at radius 3 is 2.62 bits per heavy atom. The smallest absolute Gasteiger partial charge is 0.317 e. The van der Waals surface area contributed by atoms with Crippen molar-refractivity contribution in [2.75, 3.05) is 26.2 Å². The van der Waals surface area contributed by atoms with Gasteiger partial charge in [0.25, 0.3) is 0 Å². The zero-order chi connectivity index (χ0) is 20.8. The molecule has 4 rings (SSSR count). The van der Waals surface area contributed by atoms with Gasteiger partial charge in [-0.3, -0.25) is 9.69 Å². The van der Waals surface area contributed by atoms with Gasteiger partial charge in [-0.2, -0.15) is 0 Å². The van der Waals surface area contributed by atoms with Crippen LogP contribution in [0.25, 0.3) is 0 Å². The third-order valence-electron chi connectivity index (χ3n) is 5.48. The number of ether oxygens (including phenoxy) is 4. The Morgan fingerprint density at radius 1 is 1.17 bits per heavy atom. The third-order valence-corrected chi connectivity index (χ3v) is 5.78. The number of anilines is 1. The average molecular weight is 414 g/mol. The van der Waals surface area contributed by atoms with Gasteiger partial charge in [0.1, 0.15) is 11.7 Å². The summed E-state index contributed by atoms with van der Waals surface area (Å²) in [5.41, 5.74) is 0.383. The number of carbonyl (C=O) groups is 1. The zero-order valence-corrected chi connectivity index (χ0v) is 17.4. The summed E-state index contributed by atoms with van der Waals surface area (Å²) in [6.07, 6.45) is 0. The number of hydrogen-bond donors (Lipinski definition) is 1. The van der Waals surface area contributed by atoms with Crippen molar-refractivity contribution in [2.45, 2.75) is 18.7 Å². The molecule has 2 aliphatic rings. The molecule has 1 saturated heterocycles. The van der Waals surface area contributed by atoms with Crippen LogP contribution in [0.5, 0.6) is 17.2 Å². The predicted molar refractivity (Wildman–Crippen MR) is 111 cm³/mol. The van der Waals surface area contributed by atoms with Crippen LogP contribution in [0.2, 0.25) is 0 Å². The van der Waals surface area contributed by atoms with Crippen LogP contribution < -0.4 is 24.4 Å². The van der Waals surface area contributed by atoms with Gasteiger partial charge in [-0.05, 0) is 37.3 Å². The number of thiocarbonyl (C=S) groups is 1. The molecule has 0 aliphatic carbocycles. The lowest BCUT2D eigenvalue weighted by molar-refractivity contribution is -0.157. The Morgan fingerprint density at radius 2 is 1.93 bits per heavy atom. The summed E-state index contributed by atoms with van der Waals surface area (Å²) in [5.74, 6) is 0.756. The first-order chi connectivity index (χ1) is 13.9. The summed E-state index contributed by atoms with van der Waals surface area (Å²) in [5, 5.41) is 3.76. The molecule has 2 aromatic carbocycles. The molecule has 0 amide bonds. The van der Waals surface area contributed by atoms with Crippen LogP contribution in [0.15, 0.2) is 42.5 Å². The van der Waals surface area contributed by atoms with Gasteiger partial charge in [-0.25, -0.2) is 0 Å². The molecule has 3 atom stereocenters. The normalized spacial score (nSPS) is 24.7. The van der Waals surface area contributed by atoms with E-state index in [4.69, 9.17) is 31.2 Å². The van der Waals surface area contributed by atoms with E-state index < -0.39 is 23.7 Å². The predicted octanol–water partition coefficient (Wildman–Crippen LogP) is 3.04. The number of benzene rings is 2. The van der Waals surface area contributed by atoms with Crippen molar-refractivity contribution in [3.63, 3.8) is 0 Å². The fourth-order valence-electron chi connectivity index (χ4n) is 4.16. The highest BCUT2D eigenvalue weighted by molar-refractivity contribution is 7.80. The van der Waals surface area contributed by atoms with E-state index in [2.05, 4.69) is 5.32 Å². The minimum atomic E-state index is -1.14. The molecule has 7 nitrogen and oxygen atoms in total. The topological polar surface area (TPSA) is 69.3 Å². The maximum absolute atomic E-state index is 12.9. The van der Waals surface area contributed by atoms with Crippen LogP contribution >= 0.6 is 12.2 Å². The summed E-state index contributed by atoms with van der Waals surface area (Å²) in [6.45, 7) is 1.84. The Balaban J connectivity index is 1.93. The fourth-order valence-corrected chi connectivity index (χ4v) is 4.57. The molecule has 0 spiro atoms. The van der Waals surface area contributed by atoms with Gasteiger partial charge in [0, 0.05) is 11.6 Å². The van der Waals surface area contributed by atoms with Crippen LogP contribution in [0.4, 0.5) is 5.69 Å². The lowest BCUT2D eigenvalue weighted by atomic mass is 9.79. The quantitative estimate of drug-likeness (QED) is 0.605. The maximum Gasteiger partial charge on any atom is 0.317 e. The Labute approximate surface area is 174 Å². The molecule has 0 saturated carbocycles. The second-order valence-electron chi connectivity index (χ2n) is 7.00. The van der Waals surface area contributed by atoms with E-state index >= 15 is 0 Å². The lowest BCUT2D eigenvalue weighted by Crippen LogP contribution is -2.71. The number of fused-ring (bicyclic) bond motifs is 4. The monoisotopic (exact) mass is 414 g/mol. The Kier molecular flexibility index (Phi) is 4.74. The fraction of sp³-hybridized carbons (Fsp3) is 0.333. The number of hydrogen-bond acceptors (Lipinski definition) is 6. The van der Waals surface area contributed by atoms with Gasteiger partial charge in [-0.15, -0.1) is 0 Å². The van der Waals surface area contributed by atoms with Crippen LogP contribution in [0.3, 0.4) is 0 Å². The summed E-state index contributed by atoms with van der Waals surface area (Å²) >= 11 is 5.69. The molecule has 2 heterocycles. The molecule has 2 aromatic rings. The molecule has 152 valence electrons. The molecule has 2 aliphatic heterocycles. The van der Waals surface area contributed by atoms with Crippen molar-refractivity contribution in [1.82, 2.24) is 5.32 Å². The van der Waals surface area contributed by atoms with Crippen LogP contribution in [-0.4, -0.2) is 38.1 Å². The molecule has 8 heteroatoms. The molecule has 0 radical (unpaired) electrons. The van der Waals surface area contributed by atoms with E-state index in [0.717, 1.165) is 11.3 Å². The van der Waals surface area contributed by atoms with Gasteiger partial charge in [0.05, 0.1) is 33.1 Å². The molecule has 3 unspecified atom stereocenters. The van der Waals surface area contributed by atoms with E-state index in [1.54, 1.807) is 19.1 Å². The summed E-state index contributed by atoms with van der Waals surface area (Å²) in [7, 11) is 4.55. The van der Waals surface area contributed by atoms with Crippen molar-refractivity contribution in [2.24, 2.45) is 5.92 Å². The summed E-state index contributed by atoms with van der Waals surface area (Å²) in [4.78, 5) is 14.7. The molecule has 1 N–H and O–H groups in total. The number of rotatable bonds is 4. The van der Waals surface area contributed by atoms with Crippen molar-refractivity contribution in [3.05, 3.63) is 48.0 Å². The van der Waals surface area contributed by atoms with Crippen molar-refractivity contribution in [3.8, 4) is 17.2 Å². The minimum Gasteiger partial charge on any atom is -0.497 e. The minimum absolute atomic E-state index is 0.395. The molecule has 0 aromatic heterocycles. The Bertz CT molecular complexity index is 981. The van der Waals surface area contributed by atoms with Crippen LogP contribution in [-0.2, 0) is 9.53 Å². The van der Waals surface area contributed by atoms with Crippen molar-refractivity contribution < 1.29 is 23.7 Å². The Hall–Kier alpha value is -3.00. The van der Waals surface area contributed by atoms with E-state index in [9.17, 15) is 4.79 Å². The number of methoxy groups -OCH3 is 3. The van der Waals surface area contributed by atoms with E-state index in [0.29, 0.717) is 22.4 Å². The lowest BCUT2D eigenvalue weighted by Gasteiger charge is -2.55. The van der Waals surface area contributed by atoms with Crippen molar-refractivity contribution in [1.29, 1.82) is 0 Å². The van der Waals surface area contributed by atoms with Gasteiger partial charge in [0.15, 0.2) is 16.6 Å². The van der Waals surface area contributed by atoms with Gasteiger partial charge < -0.3 is 24.3 Å². The molecule has 1 fully saturated rings. The van der Waals surface area contributed by atoms with Crippen LogP contribution in [0.1, 0.15) is 18.5 Å². The first-order valence-electron chi connectivity index (χ1n) is 9.13. The molecular weight excluding hydrogens is 392 g/mol.